The van der Waals surface area contributed by atoms with Crippen molar-refractivity contribution in [2.45, 2.75) is 83.0 Å². The molecule has 0 aromatic carbocycles. The molecule has 2 nitrogen and oxygen atoms in total. The van der Waals surface area contributed by atoms with Crippen molar-refractivity contribution >= 4 is 20.1 Å². The van der Waals surface area contributed by atoms with Crippen LogP contribution >= 0.6 is 11.8 Å². The van der Waals surface area contributed by atoms with Gasteiger partial charge in [-0.05, 0) is 60.9 Å². The van der Waals surface area contributed by atoms with Crippen LogP contribution in [-0.2, 0) is 4.43 Å². The lowest BCUT2D eigenvalue weighted by Gasteiger charge is -2.30. The third-order valence-electron chi connectivity index (χ3n) is 4.46. The van der Waals surface area contributed by atoms with Crippen LogP contribution in [0.15, 0.2) is 40.6 Å². The number of rotatable bonds is 12. The molecule has 0 N–H and O–H groups in total. The second-order valence-corrected chi connectivity index (χ2v) is 11.7. The van der Waals surface area contributed by atoms with Gasteiger partial charge in [0.15, 0.2) is 0 Å². The zero-order valence-corrected chi connectivity index (χ0v) is 17.1. The molecule has 0 spiro atoms. The van der Waals surface area contributed by atoms with Crippen molar-refractivity contribution in [3.63, 3.8) is 0 Å². The SMILES string of the molecule is CCCCCCC=C(O[Si](CC)(CC)CC)Sc1ccccn1. The van der Waals surface area contributed by atoms with E-state index < -0.39 is 8.32 Å². The number of thioether (sulfide) groups is 1. The van der Waals surface area contributed by atoms with Gasteiger partial charge in [-0.25, -0.2) is 4.98 Å². The number of unbranched alkanes of at least 4 members (excludes halogenated alkanes) is 4. The molecule has 4 heteroatoms. The van der Waals surface area contributed by atoms with E-state index in [0.29, 0.717) is 0 Å². The Balaban J connectivity index is 2.76. The highest BCUT2D eigenvalue weighted by Crippen LogP contribution is 2.33. The van der Waals surface area contributed by atoms with E-state index in [1.807, 2.05) is 18.3 Å². The predicted octanol–water partition coefficient (Wildman–Crippen LogP) is 7.01. The van der Waals surface area contributed by atoms with Crippen molar-refractivity contribution in [3.8, 4) is 0 Å². The van der Waals surface area contributed by atoms with E-state index in [4.69, 9.17) is 4.43 Å². The van der Waals surface area contributed by atoms with E-state index in [9.17, 15) is 0 Å². The molecule has 1 aromatic heterocycles. The van der Waals surface area contributed by atoms with E-state index >= 15 is 0 Å². The largest absolute Gasteiger partial charge is 0.539 e. The lowest BCUT2D eigenvalue weighted by atomic mass is 10.1. The molecule has 0 unspecified atom stereocenters. The molecule has 0 radical (unpaired) electrons. The molecule has 0 amide bonds. The summed E-state index contributed by atoms with van der Waals surface area (Å²) in [6, 6.07) is 9.59. The van der Waals surface area contributed by atoms with Crippen LogP contribution in [0.2, 0.25) is 18.1 Å². The molecule has 130 valence electrons. The van der Waals surface area contributed by atoms with E-state index in [0.717, 1.165) is 16.5 Å². The minimum Gasteiger partial charge on any atom is -0.539 e. The van der Waals surface area contributed by atoms with Gasteiger partial charge in [-0.3, -0.25) is 0 Å². The predicted molar refractivity (Wildman–Crippen MR) is 105 cm³/mol. The first-order valence-corrected chi connectivity index (χ1v) is 12.5. The maximum atomic E-state index is 6.62. The molecular formula is C19H33NOSSi. The van der Waals surface area contributed by atoms with Crippen molar-refractivity contribution < 1.29 is 4.43 Å². The lowest BCUT2D eigenvalue weighted by molar-refractivity contribution is 0.440. The zero-order valence-electron chi connectivity index (χ0n) is 15.3. The summed E-state index contributed by atoms with van der Waals surface area (Å²) in [6.45, 7) is 9.10. The normalized spacial score (nSPS) is 12.4. The number of pyridine rings is 1. The topological polar surface area (TPSA) is 22.1 Å². The van der Waals surface area contributed by atoms with Crippen molar-refractivity contribution in [1.82, 2.24) is 4.98 Å². The van der Waals surface area contributed by atoms with Gasteiger partial charge in [0.25, 0.3) is 8.32 Å². The van der Waals surface area contributed by atoms with Crippen molar-refractivity contribution in [2.75, 3.05) is 0 Å². The monoisotopic (exact) mass is 351 g/mol. The fourth-order valence-corrected chi connectivity index (χ4v) is 6.39. The molecule has 1 rings (SSSR count). The Bertz CT molecular complexity index is 438. The van der Waals surface area contributed by atoms with Crippen molar-refractivity contribution in [3.05, 3.63) is 35.6 Å². The maximum absolute atomic E-state index is 6.62. The molecular weight excluding hydrogens is 318 g/mol. The summed E-state index contributed by atoms with van der Waals surface area (Å²) in [7, 11) is -1.63. The van der Waals surface area contributed by atoms with Crippen LogP contribution in [0, 0.1) is 0 Å². The molecule has 0 atom stereocenters. The summed E-state index contributed by atoms with van der Waals surface area (Å²) in [4.78, 5) is 4.44. The van der Waals surface area contributed by atoms with Crippen LogP contribution in [0.3, 0.4) is 0 Å². The van der Waals surface area contributed by atoms with Gasteiger partial charge in [-0.1, -0.05) is 53.0 Å². The Labute approximate surface area is 148 Å². The Kier molecular flexibility index (Phi) is 10.4. The molecule has 23 heavy (non-hydrogen) atoms. The Hall–Kier alpha value is -0.743. The summed E-state index contributed by atoms with van der Waals surface area (Å²) in [5.74, 6) is 0. The molecule has 0 saturated carbocycles. The van der Waals surface area contributed by atoms with E-state index in [1.54, 1.807) is 11.8 Å². The standard InChI is InChI=1S/C19H33NOSSi/c1-5-9-10-11-12-16-19(21-23(6-2,7-3)8-4)22-18-15-13-14-17-20-18/h13-17H,5-12H2,1-4H3. The average molecular weight is 352 g/mol. The molecule has 0 fully saturated rings. The molecule has 0 saturated heterocycles. The molecule has 0 aliphatic carbocycles. The summed E-state index contributed by atoms with van der Waals surface area (Å²) in [5, 5.41) is 2.11. The van der Waals surface area contributed by atoms with Crippen LogP contribution in [0.25, 0.3) is 0 Å². The Morgan fingerprint density at radius 3 is 2.39 bits per heavy atom. The van der Waals surface area contributed by atoms with Crippen LogP contribution < -0.4 is 0 Å². The first-order chi connectivity index (χ1) is 11.2. The Morgan fingerprint density at radius 1 is 1.09 bits per heavy atom. The summed E-state index contributed by atoms with van der Waals surface area (Å²) >= 11 is 1.69. The quantitative estimate of drug-likeness (QED) is 0.175. The molecule has 0 bridgehead atoms. The molecule has 1 aromatic rings. The number of aromatic nitrogens is 1. The highest BCUT2D eigenvalue weighted by molar-refractivity contribution is 8.02. The summed E-state index contributed by atoms with van der Waals surface area (Å²) < 4.78 is 6.62. The average Bonchev–Trinajstić information content (AvgIpc) is 2.60. The van der Waals surface area contributed by atoms with Gasteiger partial charge in [0.05, 0.1) is 0 Å². The summed E-state index contributed by atoms with van der Waals surface area (Å²) in [5.41, 5.74) is 0. The van der Waals surface area contributed by atoms with Gasteiger partial charge in [0, 0.05) is 6.20 Å². The third-order valence-corrected chi connectivity index (χ3v) is 10.0. The van der Waals surface area contributed by atoms with E-state index in [1.165, 1.54) is 43.8 Å². The Morgan fingerprint density at radius 2 is 1.83 bits per heavy atom. The van der Waals surface area contributed by atoms with Crippen molar-refractivity contribution in [2.24, 2.45) is 0 Å². The minimum absolute atomic E-state index is 1.03. The smallest absolute Gasteiger partial charge is 0.251 e. The third kappa shape index (κ3) is 7.58. The first-order valence-electron chi connectivity index (χ1n) is 9.17. The number of hydrogen-bond donors (Lipinski definition) is 0. The first kappa shape index (κ1) is 20.3. The van der Waals surface area contributed by atoms with Crippen LogP contribution in [0.4, 0.5) is 0 Å². The number of hydrogen-bond acceptors (Lipinski definition) is 3. The van der Waals surface area contributed by atoms with Crippen LogP contribution in [0.5, 0.6) is 0 Å². The highest BCUT2D eigenvalue weighted by Gasteiger charge is 2.31. The minimum atomic E-state index is -1.63. The van der Waals surface area contributed by atoms with Gasteiger partial charge in [-0.15, -0.1) is 0 Å². The number of allylic oxidation sites excluding steroid dienone is 1. The second kappa shape index (κ2) is 11.7. The second-order valence-electron chi connectivity index (χ2n) is 5.99. The molecule has 0 aliphatic heterocycles. The highest BCUT2D eigenvalue weighted by atomic mass is 32.2. The van der Waals surface area contributed by atoms with Gasteiger partial charge >= 0.3 is 0 Å². The summed E-state index contributed by atoms with van der Waals surface area (Å²) in [6.07, 6.45) is 10.4. The van der Waals surface area contributed by atoms with Gasteiger partial charge in [-0.2, -0.15) is 0 Å². The molecule has 0 aliphatic rings. The maximum Gasteiger partial charge on any atom is 0.251 e. The van der Waals surface area contributed by atoms with Crippen LogP contribution in [0.1, 0.15) is 59.8 Å². The van der Waals surface area contributed by atoms with Crippen molar-refractivity contribution in [1.29, 1.82) is 0 Å². The van der Waals surface area contributed by atoms with Crippen LogP contribution in [-0.4, -0.2) is 13.3 Å². The van der Waals surface area contributed by atoms with E-state index in [2.05, 4.69) is 44.8 Å². The number of nitrogens with zero attached hydrogens (tertiary/aromatic N) is 1. The fourth-order valence-electron chi connectivity index (χ4n) is 2.59. The van der Waals surface area contributed by atoms with E-state index in [-0.39, 0.29) is 0 Å². The van der Waals surface area contributed by atoms with Gasteiger partial charge < -0.3 is 4.43 Å². The zero-order chi connectivity index (χ0) is 17.0. The van der Waals surface area contributed by atoms with Gasteiger partial charge in [0.2, 0.25) is 0 Å². The lowest BCUT2D eigenvalue weighted by Crippen LogP contribution is -2.34. The fraction of sp³-hybridized carbons (Fsp3) is 0.632. The van der Waals surface area contributed by atoms with Gasteiger partial charge in [0.1, 0.15) is 10.1 Å². The molecule has 1 heterocycles.